The van der Waals surface area contributed by atoms with E-state index in [9.17, 15) is 9.90 Å². The summed E-state index contributed by atoms with van der Waals surface area (Å²) in [5.41, 5.74) is 2.33. The maximum atomic E-state index is 12.6. The SMILES string of the molecule is CC(C)[C@@H]1CC[C@@H](C)C[C@H]1OC(C(=O)[O-])[C@H]1c2cc3c(ccc4ccccc43)cc2CC[C@H]1Br. The van der Waals surface area contributed by atoms with Crippen LogP contribution in [0.2, 0.25) is 0 Å². The summed E-state index contributed by atoms with van der Waals surface area (Å²) < 4.78 is 6.57. The van der Waals surface area contributed by atoms with Gasteiger partial charge in [0.05, 0.1) is 12.1 Å². The van der Waals surface area contributed by atoms with Gasteiger partial charge < -0.3 is 14.6 Å². The van der Waals surface area contributed by atoms with Crippen molar-refractivity contribution in [1.29, 1.82) is 0 Å². The first-order valence-electron chi connectivity index (χ1n) is 12.8. The van der Waals surface area contributed by atoms with E-state index in [4.69, 9.17) is 4.74 Å². The van der Waals surface area contributed by atoms with Gasteiger partial charge >= 0.3 is 0 Å². The van der Waals surface area contributed by atoms with Gasteiger partial charge in [0.2, 0.25) is 0 Å². The summed E-state index contributed by atoms with van der Waals surface area (Å²) in [7, 11) is 0. The van der Waals surface area contributed by atoms with E-state index in [1.54, 1.807) is 0 Å². The topological polar surface area (TPSA) is 49.4 Å². The van der Waals surface area contributed by atoms with Crippen LogP contribution in [0.4, 0.5) is 0 Å². The Bertz CT molecular complexity index is 1200. The van der Waals surface area contributed by atoms with E-state index in [1.165, 1.54) is 33.5 Å². The molecule has 0 N–H and O–H groups in total. The highest BCUT2D eigenvalue weighted by molar-refractivity contribution is 9.09. The van der Waals surface area contributed by atoms with Crippen LogP contribution >= 0.6 is 15.9 Å². The van der Waals surface area contributed by atoms with Crippen LogP contribution in [0.1, 0.15) is 63.5 Å². The molecule has 1 fully saturated rings. The van der Waals surface area contributed by atoms with Crippen molar-refractivity contribution in [2.75, 3.05) is 0 Å². The number of carboxylic acids is 1. The fourth-order valence-corrected chi connectivity index (χ4v) is 7.20. The number of fused-ring (bicyclic) bond motifs is 4. The number of carbonyl (C=O) groups is 1. The zero-order chi connectivity index (χ0) is 24.0. The molecule has 0 heterocycles. The molecule has 2 aliphatic carbocycles. The molecule has 0 aromatic heterocycles. The summed E-state index contributed by atoms with van der Waals surface area (Å²) in [6.07, 6.45) is 4.01. The minimum Gasteiger partial charge on any atom is -0.547 e. The summed E-state index contributed by atoms with van der Waals surface area (Å²) in [6.45, 7) is 6.71. The van der Waals surface area contributed by atoms with Gasteiger partial charge in [0.1, 0.15) is 6.10 Å². The normalized spacial score (nSPS) is 28.2. The molecule has 0 amide bonds. The quantitative estimate of drug-likeness (QED) is 0.289. The van der Waals surface area contributed by atoms with Crippen molar-refractivity contribution >= 4 is 43.4 Å². The molecule has 1 unspecified atom stereocenters. The lowest BCUT2D eigenvalue weighted by Crippen LogP contribution is -2.49. The van der Waals surface area contributed by atoms with Crippen molar-refractivity contribution in [2.45, 2.75) is 75.8 Å². The maximum absolute atomic E-state index is 12.6. The van der Waals surface area contributed by atoms with E-state index < -0.39 is 12.1 Å². The Hall–Kier alpha value is -1.91. The number of carbonyl (C=O) groups excluding carboxylic acids is 1. The fraction of sp³-hybridized carbons (Fsp3) is 0.500. The molecule has 0 bridgehead atoms. The van der Waals surface area contributed by atoms with E-state index >= 15 is 0 Å². The third-order valence-electron chi connectivity index (χ3n) is 8.28. The van der Waals surface area contributed by atoms with Crippen molar-refractivity contribution in [2.24, 2.45) is 17.8 Å². The number of halogens is 1. The lowest BCUT2D eigenvalue weighted by molar-refractivity contribution is -0.321. The number of aliphatic carboxylic acids is 1. The minimum absolute atomic E-state index is 0.0360. The number of carboxylic acid groups (broad SMARTS) is 1. The zero-order valence-corrected chi connectivity index (χ0v) is 21.9. The second-order valence-electron chi connectivity index (χ2n) is 10.9. The average molecular weight is 523 g/mol. The molecule has 5 rings (SSSR count). The number of benzene rings is 3. The molecule has 1 saturated carbocycles. The summed E-state index contributed by atoms with van der Waals surface area (Å²) in [4.78, 5) is 12.6. The summed E-state index contributed by atoms with van der Waals surface area (Å²) in [5.74, 6) is 0.0309. The van der Waals surface area contributed by atoms with Crippen molar-refractivity contribution < 1.29 is 14.6 Å². The zero-order valence-electron chi connectivity index (χ0n) is 20.3. The van der Waals surface area contributed by atoms with Crippen LogP contribution in [0.5, 0.6) is 0 Å². The van der Waals surface area contributed by atoms with Gasteiger partial charge in [-0.1, -0.05) is 85.6 Å². The predicted octanol–water partition coefficient (Wildman–Crippen LogP) is 6.38. The maximum Gasteiger partial charge on any atom is 0.105 e. The summed E-state index contributed by atoms with van der Waals surface area (Å²) in [5, 5.41) is 17.4. The molecule has 0 saturated heterocycles. The number of rotatable bonds is 5. The minimum atomic E-state index is -1.10. The van der Waals surface area contributed by atoms with E-state index in [1.807, 2.05) is 0 Å². The summed E-state index contributed by atoms with van der Waals surface area (Å²) >= 11 is 3.86. The summed E-state index contributed by atoms with van der Waals surface area (Å²) in [6, 6.07) is 17.2. The second-order valence-corrected chi connectivity index (χ2v) is 12.1. The van der Waals surface area contributed by atoms with Gasteiger partial charge in [0.15, 0.2) is 0 Å². The average Bonchev–Trinajstić information content (AvgIpc) is 2.81. The molecule has 2 aliphatic rings. The molecule has 0 radical (unpaired) electrons. The lowest BCUT2D eigenvalue weighted by atomic mass is 9.74. The number of alkyl halides is 1. The Balaban J connectivity index is 1.58. The van der Waals surface area contributed by atoms with Crippen LogP contribution in [-0.2, 0) is 16.0 Å². The monoisotopic (exact) mass is 521 g/mol. The van der Waals surface area contributed by atoms with Gasteiger partial charge in [0, 0.05) is 10.7 Å². The third-order valence-corrected chi connectivity index (χ3v) is 9.31. The Morgan fingerprint density at radius 2 is 1.79 bits per heavy atom. The Morgan fingerprint density at radius 1 is 1.03 bits per heavy atom. The fourth-order valence-electron chi connectivity index (χ4n) is 6.41. The van der Waals surface area contributed by atoms with Gasteiger partial charge in [0.25, 0.3) is 0 Å². The van der Waals surface area contributed by atoms with Crippen LogP contribution in [0.15, 0.2) is 48.5 Å². The molecule has 0 aliphatic heterocycles. The number of ether oxygens (including phenoxy) is 1. The van der Waals surface area contributed by atoms with E-state index in [-0.39, 0.29) is 16.8 Å². The van der Waals surface area contributed by atoms with E-state index in [0.29, 0.717) is 17.8 Å². The standard InChI is InChI=1S/C30H35BrO3/c1-17(2)22-12-8-18(3)14-27(22)34-29(30(32)33)28-25-16-24-20(15-21(25)11-13-26(28)31)10-9-19-6-4-5-7-23(19)24/h4-7,9-10,15-18,22,26-29H,8,11-14H2,1-3H3,(H,32,33)/p-1/t18-,22+,26-,27-,28+,29?/m1/s1. The van der Waals surface area contributed by atoms with Crippen molar-refractivity contribution in [3.8, 4) is 0 Å². The highest BCUT2D eigenvalue weighted by Gasteiger charge is 2.40. The highest BCUT2D eigenvalue weighted by atomic mass is 79.9. The predicted molar refractivity (Wildman–Crippen MR) is 140 cm³/mol. The van der Waals surface area contributed by atoms with Gasteiger partial charge in [-0.3, -0.25) is 0 Å². The van der Waals surface area contributed by atoms with Crippen LogP contribution in [0, 0.1) is 17.8 Å². The van der Waals surface area contributed by atoms with Crippen LogP contribution in [-0.4, -0.2) is 23.0 Å². The Labute approximate surface area is 211 Å². The van der Waals surface area contributed by atoms with Gasteiger partial charge in [-0.05, 0) is 82.2 Å². The first-order valence-corrected chi connectivity index (χ1v) is 13.7. The molecule has 6 atom stereocenters. The van der Waals surface area contributed by atoms with Gasteiger partial charge in [-0.2, -0.15) is 0 Å². The second kappa shape index (κ2) is 9.62. The smallest absolute Gasteiger partial charge is 0.105 e. The number of hydrogen-bond acceptors (Lipinski definition) is 3. The molecule has 3 nitrogen and oxygen atoms in total. The van der Waals surface area contributed by atoms with Gasteiger partial charge in [-0.15, -0.1) is 0 Å². The van der Waals surface area contributed by atoms with E-state index in [2.05, 4.69) is 85.2 Å². The number of aryl methyl sites for hydroxylation is 1. The largest absolute Gasteiger partial charge is 0.547 e. The number of hydrogen-bond donors (Lipinski definition) is 0. The van der Waals surface area contributed by atoms with Gasteiger partial charge in [-0.25, -0.2) is 0 Å². The molecular weight excluding hydrogens is 488 g/mol. The molecule has 0 spiro atoms. The van der Waals surface area contributed by atoms with Crippen LogP contribution in [0.3, 0.4) is 0 Å². The molecule has 4 heteroatoms. The van der Waals surface area contributed by atoms with Crippen molar-refractivity contribution in [1.82, 2.24) is 0 Å². The van der Waals surface area contributed by atoms with Crippen LogP contribution in [0.25, 0.3) is 21.5 Å². The Kier molecular flexibility index (Phi) is 6.74. The molecule has 34 heavy (non-hydrogen) atoms. The third kappa shape index (κ3) is 4.40. The molecular formula is C30H34BrO3-. The molecule has 3 aromatic carbocycles. The highest BCUT2D eigenvalue weighted by Crippen LogP contribution is 2.44. The first kappa shape index (κ1) is 23.8. The van der Waals surface area contributed by atoms with Crippen LogP contribution < -0.4 is 5.11 Å². The molecule has 3 aromatic rings. The van der Waals surface area contributed by atoms with Crippen molar-refractivity contribution in [3.63, 3.8) is 0 Å². The lowest BCUT2D eigenvalue weighted by Gasteiger charge is -2.43. The first-order chi connectivity index (χ1) is 16.3. The Morgan fingerprint density at radius 3 is 2.56 bits per heavy atom. The molecule has 180 valence electrons. The van der Waals surface area contributed by atoms with Crippen molar-refractivity contribution in [3.05, 3.63) is 59.7 Å². The van der Waals surface area contributed by atoms with E-state index in [0.717, 1.165) is 31.2 Å².